The lowest BCUT2D eigenvalue weighted by Gasteiger charge is -2.20. The van der Waals surface area contributed by atoms with Crippen LogP contribution < -0.4 is 0 Å². The Labute approximate surface area is 74.4 Å². The van der Waals surface area contributed by atoms with Crippen molar-refractivity contribution in [2.24, 2.45) is 0 Å². The molecule has 4 N–H and O–H groups in total. The van der Waals surface area contributed by atoms with Crippen molar-refractivity contribution in [2.75, 3.05) is 6.61 Å². The van der Waals surface area contributed by atoms with Crippen LogP contribution in [0.25, 0.3) is 0 Å². The fourth-order valence-corrected chi connectivity index (χ4v) is 1.16. The summed E-state index contributed by atoms with van der Waals surface area (Å²) in [5, 5.41) is 35.7. The molecule has 0 bridgehead atoms. The van der Waals surface area contributed by atoms with E-state index in [-0.39, 0.29) is 6.42 Å². The molecule has 0 aromatic rings. The van der Waals surface area contributed by atoms with Gasteiger partial charge in [-0.05, 0) is 0 Å². The Balaban J connectivity index is 2.50. The van der Waals surface area contributed by atoms with Gasteiger partial charge in [-0.2, -0.15) is 0 Å². The summed E-state index contributed by atoms with van der Waals surface area (Å²) in [4.78, 5) is 10.7. The van der Waals surface area contributed by atoms with Crippen LogP contribution in [0.15, 0.2) is 0 Å². The molecule has 0 radical (unpaired) electrons. The molecule has 1 aliphatic rings. The number of aliphatic hydroxyl groups is 4. The van der Waals surface area contributed by atoms with E-state index in [9.17, 15) is 9.90 Å². The van der Waals surface area contributed by atoms with Crippen LogP contribution in [0.3, 0.4) is 0 Å². The summed E-state index contributed by atoms with van der Waals surface area (Å²) in [6, 6.07) is 0. The lowest BCUT2D eigenvalue weighted by molar-refractivity contribution is -0.154. The molecule has 1 heterocycles. The molecule has 1 aliphatic heterocycles. The lowest BCUT2D eigenvalue weighted by Crippen LogP contribution is -2.39. The predicted octanol–water partition coefficient (Wildman–Crippen LogP) is -2.62. The largest absolute Gasteiger partial charge is 0.457 e. The number of ether oxygens (including phenoxy) is 1. The molecule has 1 fully saturated rings. The minimum atomic E-state index is -1.36. The molecule has 13 heavy (non-hydrogen) atoms. The van der Waals surface area contributed by atoms with Crippen molar-refractivity contribution < 1.29 is 30.0 Å². The molecule has 76 valence electrons. The zero-order chi connectivity index (χ0) is 10.0. The fraction of sp³-hybridized carbons (Fsp3) is 0.857. The Bertz CT molecular complexity index is 193. The van der Waals surface area contributed by atoms with Crippen LogP contribution >= 0.6 is 0 Å². The summed E-state index contributed by atoms with van der Waals surface area (Å²) < 4.78 is 4.55. The molecule has 6 nitrogen and oxygen atoms in total. The summed E-state index contributed by atoms with van der Waals surface area (Å²) in [5.74, 6) is -0.811. The van der Waals surface area contributed by atoms with Crippen molar-refractivity contribution in [3.8, 4) is 0 Å². The average molecular weight is 192 g/mol. The van der Waals surface area contributed by atoms with Crippen LogP contribution in [0.2, 0.25) is 0 Å². The van der Waals surface area contributed by atoms with Gasteiger partial charge in [0, 0.05) is 6.42 Å². The van der Waals surface area contributed by atoms with Crippen molar-refractivity contribution in [1.29, 1.82) is 0 Å². The third-order valence-corrected chi connectivity index (χ3v) is 1.96. The van der Waals surface area contributed by atoms with Crippen LogP contribution in [0, 0.1) is 0 Å². The molecule has 6 heteroatoms. The molecular weight excluding hydrogens is 180 g/mol. The Hall–Kier alpha value is -0.690. The van der Waals surface area contributed by atoms with E-state index in [4.69, 9.17) is 15.3 Å². The Morgan fingerprint density at radius 3 is 2.54 bits per heavy atom. The fourth-order valence-electron chi connectivity index (χ4n) is 1.16. The third kappa shape index (κ3) is 2.16. The van der Waals surface area contributed by atoms with E-state index in [0.717, 1.165) is 0 Å². The van der Waals surface area contributed by atoms with Gasteiger partial charge < -0.3 is 25.2 Å². The first-order valence-corrected chi connectivity index (χ1v) is 3.91. The summed E-state index contributed by atoms with van der Waals surface area (Å²) in [5.41, 5.74) is 0. The van der Waals surface area contributed by atoms with Gasteiger partial charge in [0.25, 0.3) is 0 Å². The van der Waals surface area contributed by atoms with Gasteiger partial charge in [-0.3, -0.25) is 0 Å². The van der Waals surface area contributed by atoms with Gasteiger partial charge in [0.2, 0.25) is 0 Å². The van der Waals surface area contributed by atoms with Crippen molar-refractivity contribution in [3.63, 3.8) is 0 Å². The molecule has 0 aromatic carbocycles. The van der Waals surface area contributed by atoms with Gasteiger partial charge in [-0.15, -0.1) is 0 Å². The number of cyclic esters (lactones) is 1. The van der Waals surface area contributed by atoms with E-state index in [1.165, 1.54) is 0 Å². The van der Waals surface area contributed by atoms with E-state index in [2.05, 4.69) is 4.74 Å². The number of carbonyl (C=O) groups is 1. The molecule has 4 atom stereocenters. The summed E-state index contributed by atoms with van der Waals surface area (Å²) >= 11 is 0. The highest BCUT2D eigenvalue weighted by Crippen LogP contribution is 2.19. The van der Waals surface area contributed by atoms with Gasteiger partial charge in [-0.1, -0.05) is 0 Å². The first-order chi connectivity index (χ1) is 6.06. The van der Waals surface area contributed by atoms with Crippen molar-refractivity contribution in [2.45, 2.75) is 30.8 Å². The number of hydrogen-bond acceptors (Lipinski definition) is 6. The van der Waals surface area contributed by atoms with E-state index in [1.54, 1.807) is 0 Å². The smallest absolute Gasteiger partial charge is 0.335 e. The van der Waals surface area contributed by atoms with Crippen LogP contribution in [0.1, 0.15) is 6.42 Å². The standard InChI is InChI=1S/C7H12O6/c8-2-4(10)6(11)5-1-3(9)7(12)13-5/h3-6,8-11H,1-2H2/t3-,4-,5+,6+/m0/s1. The molecule has 0 aromatic heterocycles. The molecule has 0 amide bonds. The van der Waals surface area contributed by atoms with Crippen LogP contribution in [0.5, 0.6) is 0 Å². The predicted molar refractivity (Wildman–Crippen MR) is 39.6 cm³/mol. The van der Waals surface area contributed by atoms with E-state index >= 15 is 0 Å². The minimum absolute atomic E-state index is 0.0585. The Morgan fingerprint density at radius 1 is 1.54 bits per heavy atom. The third-order valence-electron chi connectivity index (χ3n) is 1.96. The maximum atomic E-state index is 10.7. The summed E-state index contributed by atoms with van der Waals surface area (Å²) in [6.07, 6.45) is -4.96. The maximum Gasteiger partial charge on any atom is 0.335 e. The normalized spacial score (nSPS) is 32.8. The number of aliphatic hydroxyl groups excluding tert-OH is 4. The monoisotopic (exact) mass is 192 g/mol. The highest BCUT2D eigenvalue weighted by atomic mass is 16.6. The average Bonchev–Trinajstić information content (AvgIpc) is 2.44. The second kappa shape index (κ2) is 4.01. The first kappa shape index (κ1) is 10.4. The van der Waals surface area contributed by atoms with E-state index < -0.39 is 37.0 Å². The molecule has 0 spiro atoms. The van der Waals surface area contributed by atoms with Gasteiger partial charge in [0.05, 0.1) is 6.61 Å². The topological polar surface area (TPSA) is 107 Å². The molecule has 1 saturated heterocycles. The number of esters is 1. The van der Waals surface area contributed by atoms with Gasteiger partial charge in [0.1, 0.15) is 18.3 Å². The highest BCUT2D eigenvalue weighted by molar-refractivity contribution is 5.76. The SMILES string of the molecule is O=C1O[C@@H]([C@H](O)[C@@H](O)CO)C[C@@H]1O. The molecule has 0 aliphatic carbocycles. The molecule has 0 unspecified atom stereocenters. The second-order valence-corrected chi connectivity index (χ2v) is 2.97. The van der Waals surface area contributed by atoms with Crippen molar-refractivity contribution in [1.82, 2.24) is 0 Å². The zero-order valence-electron chi connectivity index (χ0n) is 6.83. The van der Waals surface area contributed by atoms with E-state index in [0.29, 0.717) is 0 Å². The molecular formula is C7H12O6. The lowest BCUT2D eigenvalue weighted by atomic mass is 10.1. The quantitative estimate of drug-likeness (QED) is 0.365. The highest BCUT2D eigenvalue weighted by Gasteiger charge is 2.39. The summed E-state index contributed by atoms with van der Waals surface area (Å²) in [7, 11) is 0. The van der Waals surface area contributed by atoms with Crippen molar-refractivity contribution in [3.05, 3.63) is 0 Å². The van der Waals surface area contributed by atoms with Crippen LogP contribution in [-0.4, -0.2) is 57.4 Å². The van der Waals surface area contributed by atoms with Crippen LogP contribution in [0.4, 0.5) is 0 Å². The zero-order valence-corrected chi connectivity index (χ0v) is 6.83. The van der Waals surface area contributed by atoms with E-state index in [1.807, 2.05) is 0 Å². The minimum Gasteiger partial charge on any atom is -0.457 e. The first-order valence-electron chi connectivity index (χ1n) is 3.91. The van der Waals surface area contributed by atoms with Crippen LogP contribution in [-0.2, 0) is 9.53 Å². The Morgan fingerprint density at radius 2 is 2.15 bits per heavy atom. The van der Waals surface area contributed by atoms with Gasteiger partial charge in [-0.25, -0.2) is 4.79 Å². The van der Waals surface area contributed by atoms with Gasteiger partial charge in [0.15, 0.2) is 6.10 Å². The number of hydrogen-bond donors (Lipinski definition) is 4. The van der Waals surface area contributed by atoms with Crippen molar-refractivity contribution >= 4 is 5.97 Å². The second-order valence-electron chi connectivity index (χ2n) is 2.97. The number of carbonyl (C=O) groups excluding carboxylic acids is 1. The molecule has 0 saturated carbocycles. The maximum absolute atomic E-state index is 10.7. The van der Waals surface area contributed by atoms with Gasteiger partial charge >= 0.3 is 5.97 Å². The molecule has 1 rings (SSSR count). The number of rotatable bonds is 3. The Kier molecular flexibility index (Phi) is 3.21. The summed E-state index contributed by atoms with van der Waals surface area (Å²) in [6.45, 7) is -0.620.